The Morgan fingerprint density at radius 2 is 2.25 bits per heavy atom. The van der Waals surface area contributed by atoms with Gasteiger partial charge in [0.15, 0.2) is 0 Å². The normalized spacial score (nSPS) is 21.9. The fourth-order valence-corrected chi connectivity index (χ4v) is 2.37. The molecule has 1 atom stereocenters. The van der Waals surface area contributed by atoms with E-state index in [9.17, 15) is 0 Å². The largest absolute Gasteiger partial charge is 0.377 e. The first-order valence-corrected chi connectivity index (χ1v) is 6.35. The Bertz CT molecular complexity index is 342. The highest BCUT2D eigenvalue weighted by molar-refractivity contribution is 6.17. The lowest BCUT2D eigenvalue weighted by Gasteiger charge is -2.26. The summed E-state index contributed by atoms with van der Waals surface area (Å²) >= 11 is 5.97. The van der Waals surface area contributed by atoms with Gasteiger partial charge in [-0.05, 0) is 25.0 Å². The second-order valence-electron chi connectivity index (χ2n) is 4.24. The van der Waals surface area contributed by atoms with Crippen LogP contribution in [0.25, 0.3) is 0 Å². The molecular weight excluding hydrogens is 222 g/mol. The molecule has 16 heavy (non-hydrogen) atoms. The van der Waals surface area contributed by atoms with Crippen LogP contribution in [-0.2, 0) is 10.6 Å². The number of hydrogen-bond acceptors (Lipinski definition) is 2. The maximum Gasteiger partial charge on any atom is 0.0721 e. The molecule has 2 nitrogen and oxygen atoms in total. The minimum atomic E-state index is 0.297. The first-order chi connectivity index (χ1) is 7.81. The van der Waals surface area contributed by atoms with Crippen molar-refractivity contribution in [2.24, 2.45) is 0 Å². The SMILES string of the molecule is CC1CN(c2ccccc2CCl)CCCO1. The van der Waals surface area contributed by atoms with Crippen LogP contribution in [0.15, 0.2) is 24.3 Å². The lowest BCUT2D eigenvalue weighted by atomic mass is 10.1. The molecule has 3 heteroatoms. The van der Waals surface area contributed by atoms with Crippen LogP contribution in [0, 0.1) is 0 Å². The van der Waals surface area contributed by atoms with Crippen LogP contribution >= 0.6 is 11.6 Å². The van der Waals surface area contributed by atoms with Gasteiger partial charge in [0.2, 0.25) is 0 Å². The van der Waals surface area contributed by atoms with E-state index in [1.807, 2.05) is 6.07 Å². The van der Waals surface area contributed by atoms with Gasteiger partial charge in [-0.2, -0.15) is 0 Å². The van der Waals surface area contributed by atoms with Gasteiger partial charge >= 0.3 is 0 Å². The Morgan fingerprint density at radius 3 is 3.06 bits per heavy atom. The van der Waals surface area contributed by atoms with Crippen molar-refractivity contribution >= 4 is 17.3 Å². The number of alkyl halides is 1. The van der Waals surface area contributed by atoms with Crippen molar-refractivity contribution in [1.82, 2.24) is 0 Å². The fraction of sp³-hybridized carbons (Fsp3) is 0.538. The molecule has 1 heterocycles. The second-order valence-corrected chi connectivity index (χ2v) is 4.51. The van der Waals surface area contributed by atoms with Crippen LogP contribution < -0.4 is 4.90 Å². The first-order valence-electron chi connectivity index (χ1n) is 5.81. The lowest BCUT2D eigenvalue weighted by molar-refractivity contribution is 0.0821. The number of anilines is 1. The van der Waals surface area contributed by atoms with E-state index in [-0.39, 0.29) is 0 Å². The van der Waals surface area contributed by atoms with Crippen LogP contribution in [0.2, 0.25) is 0 Å². The van der Waals surface area contributed by atoms with Gasteiger partial charge in [-0.1, -0.05) is 18.2 Å². The highest BCUT2D eigenvalue weighted by Gasteiger charge is 2.16. The molecule has 0 amide bonds. The topological polar surface area (TPSA) is 12.5 Å². The van der Waals surface area contributed by atoms with Crippen molar-refractivity contribution < 1.29 is 4.74 Å². The summed E-state index contributed by atoms with van der Waals surface area (Å²) in [5.41, 5.74) is 2.47. The molecule has 1 saturated heterocycles. The monoisotopic (exact) mass is 239 g/mol. The predicted molar refractivity (Wildman–Crippen MR) is 68.2 cm³/mol. The van der Waals surface area contributed by atoms with Gasteiger partial charge in [-0.3, -0.25) is 0 Å². The molecule has 0 aliphatic carbocycles. The molecule has 1 aliphatic rings. The summed E-state index contributed by atoms with van der Waals surface area (Å²) in [6, 6.07) is 8.36. The summed E-state index contributed by atoms with van der Waals surface area (Å²) < 4.78 is 5.65. The van der Waals surface area contributed by atoms with Crippen LogP contribution in [0.4, 0.5) is 5.69 Å². The van der Waals surface area contributed by atoms with E-state index in [4.69, 9.17) is 16.3 Å². The zero-order chi connectivity index (χ0) is 11.4. The molecule has 0 saturated carbocycles. The summed E-state index contributed by atoms with van der Waals surface area (Å²) in [6.45, 7) is 4.99. The van der Waals surface area contributed by atoms with Crippen molar-refractivity contribution in [3.05, 3.63) is 29.8 Å². The van der Waals surface area contributed by atoms with Gasteiger partial charge in [0.1, 0.15) is 0 Å². The third-order valence-electron chi connectivity index (χ3n) is 2.93. The average molecular weight is 240 g/mol. The van der Waals surface area contributed by atoms with E-state index in [1.165, 1.54) is 11.3 Å². The number of halogens is 1. The predicted octanol–water partition coefficient (Wildman–Crippen LogP) is 3.04. The molecule has 1 aromatic rings. The second kappa shape index (κ2) is 5.55. The van der Waals surface area contributed by atoms with Crippen LogP contribution in [0.1, 0.15) is 18.9 Å². The zero-order valence-electron chi connectivity index (χ0n) is 9.66. The maximum atomic E-state index is 5.97. The van der Waals surface area contributed by atoms with E-state index in [2.05, 4.69) is 30.0 Å². The molecule has 1 fully saturated rings. The number of benzene rings is 1. The molecule has 1 unspecified atom stereocenters. The van der Waals surface area contributed by atoms with E-state index in [0.717, 1.165) is 26.1 Å². The summed E-state index contributed by atoms with van der Waals surface area (Å²) in [5, 5.41) is 0. The zero-order valence-corrected chi connectivity index (χ0v) is 10.4. The van der Waals surface area contributed by atoms with E-state index < -0.39 is 0 Å². The Labute approximate surface area is 102 Å². The van der Waals surface area contributed by atoms with Crippen LogP contribution in [0.3, 0.4) is 0 Å². The van der Waals surface area contributed by atoms with Crippen molar-refractivity contribution in [1.29, 1.82) is 0 Å². The first kappa shape index (κ1) is 11.7. The molecule has 0 radical (unpaired) electrons. The van der Waals surface area contributed by atoms with Crippen LogP contribution in [0.5, 0.6) is 0 Å². The van der Waals surface area contributed by atoms with Crippen molar-refractivity contribution in [2.75, 3.05) is 24.6 Å². The number of para-hydroxylation sites is 1. The molecular formula is C13H18ClNO. The van der Waals surface area contributed by atoms with Gasteiger partial charge < -0.3 is 9.64 Å². The quantitative estimate of drug-likeness (QED) is 0.736. The van der Waals surface area contributed by atoms with Gasteiger partial charge in [0, 0.05) is 31.3 Å². The molecule has 0 aromatic heterocycles. The third kappa shape index (κ3) is 2.69. The van der Waals surface area contributed by atoms with Crippen LogP contribution in [-0.4, -0.2) is 25.8 Å². The highest BCUT2D eigenvalue weighted by atomic mass is 35.5. The molecule has 88 valence electrons. The Hall–Kier alpha value is -0.730. The summed E-state index contributed by atoms with van der Waals surface area (Å²) in [7, 11) is 0. The minimum Gasteiger partial charge on any atom is -0.377 e. The standard InChI is InChI=1S/C13H18ClNO/c1-11-10-15(7-4-8-16-11)13-6-3-2-5-12(13)9-14/h2-3,5-6,11H,4,7-10H2,1H3. The molecule has 0 N–H and O–H groups in total. The minimum absolute atomic E-state index is 0.297. The lowest BCUT2D eigenvalue weighted by Crippen LogP contribution is -2.30. The molecule has 1 aliphatic heterocycles. The van der Waals surface area contributed by atoms with Gasteiger partial charge in [0.05, 0.1) is 6.10 Å². The van der Waals surface area contributed by atoms with Crippen molar-refractivity contribution in [3.8, 4) is 0 Å². The maximum absolute atomic E-state index is 5.97. The Morgan fingerprint density at radius 1 is 1.44 bits per heavy atom. The molecule has 0 bridgehead atoms. The van der Waals surface area contributed by atoms with Gasteiger partial charge in [0.25, 0.3) is 0 Å². The third-order valence-corrected chi connectivity index (χ3v) is 3.22. The summed E-state index contributed by atoms with van der Waals surface area (Å²) in [6.07, 6.45) is 1.38. The van der Waals surface area contributed by atoms with Gasteiger partial charge in [-0.15, -0.1) is 11.6 Å². The number of ether oxygens (including phenoxy) is 1. The summed E-state index contributed by atoms with van der Waals surface area (Å²) in [5.74, 6) is 0.571. The number of rotatable bonds is 2. The molecule has 2 rings (SSSR count). The van der Waals surface area contributed by atoms with Crippen molar-refractivity contribution in [2.45, 2.75) is 25.3 Å². The molecule has 1 aromatic carbocycles. The smallest absolute Gasteiger partial charge is 0.0721 e. The summed E-state index contributed by atoms with van der Waals surface area (Å²) in [4.78, 5) is 2.38. The highest BCUT2D eigenvalue weighted by Crippen LogP contribution is 2.23. The van der Waals surface area contributed by atoms with E-state index in [1.54, 1.807) is 0 Å². The van der Waals surface area contributed by atoms with E-state index >= 15 is 0 Å². The van der Waals surface area contributed by atoms with Crippen molar-refractivity contribution in [3.63, 3.8) is 0 Å². The molecule has 0 spiro atoms. The number of hydrogen-bond donors (Lipinski definition) is 0. The number of nitrogens with zero attached hydrogens (tertiary/aromatic N) is 1. The Kier molecular flexibility index (Phi) is 4.08. The van der Waals surface area contributed by atoms with Gasteiger partial charge in [-0.25, -0.2) is 0 Å². The Balaban J connectivity index is 2.20. The average Bonchev–Trinajstić information content (AvgIpc) is 2.54. The fourth-order valence-electron chi connectivity index (χ4n) is 2.15. The van der Waals surface area contributed by atoms with E-state index in [0.29, 0.717) is 12.0 Å².